The van der Waals surface area contributed by atoms with Gasteiger partial charge in [0.25, 0.3) is 5.91 Å². The molecule has 2 fully saturated rings. The zero-order chi connectivity index (χ0) is 19.7. The Morgan fingerprint density at radius 3 is 2.61 bits per heavy atom. The lowest BCUT2D eigenvalue weighted by atomic mass is 9.81. The van der Waals surface area contributed by atoms with Crippen LogP contribution in [0.25, 0.3) is 0 Å². The summed E-state index contributed by atoms with van der Waals surface area (Å²) in [5.41, 5.74) is 0.685. The van der Waals surface area contributed by atoms with Crippen LogP contribution in [0, 0.1) is 0 Å². The summed E-state index contributed by atoms with van der Waals surface area (Å²) in [5.74, 6) is 1.07. The number of benzene rings is 1. The number of likely N-dealkylation sites (N-methyl/N-ethyl adjacent to an activating group) is 1. The van der Waals surface area contributed by atoms with Gasteiger partial charge in [0.05, 0.1) is 6.54 Å². The van der Waals surface area contributed by atoms with Gasteiger partial charge in [-0.05, 0) is 44.6 Å². The van der Waals surface area contributed by atoms with E-state index < -0.39 is 0 Å². The summed E-state index contributed by atoms with van der Waals surface area (Å²) in [6.07, 6.45) is 4.94. The molecular formula is C22H30N2O4. The van der Waals surface area contributed by atoms with Gasteiger partial charge < -0.3 is 19.3 Å². The van der Waals surface area contributed by atoms with Crippen LogP contribution < -0.4 is 4.74 Å². The highest BCUT2D eigenvalue weighted by molar-refractivity contribution is 5.81. The molecule has 1 atom stereocenters. The average molecular weight is 386 g/mol. The molecule has 0 N–H and O–H groups in total. The Hall–Kier alpha value is -2.08. The van der Waals surface area contributed by atoms with Gasteiger partial charge in [0.15, 0.2) is 0 Å². The largest absolute Gasteiger partial charge is 0.485 e. The van der Waals surface area contributed by atoms with E-state index in [1.54, 1.807) is 6.92 Å². The van der Waals surface area contributed by atoms with Crippen molar-refractivity contribution in [2.24, 2.45) is 0 Å². The lowest BCUT2D eigenvalue weighted by Crippen LogP contribution is -2.53. The summed E-state index contributed by atoms with van der Waals surface area (Å²) >= 11 is 0. The maximum atomic E-state index is 12.7. The molecule has 1 aromatic rings. The maximum absolute atomic E-state index is 12.7. The van der Waals surface area contributed by atoms with Gasteiger partial charge in [-0.1, -0.05) is 18.2 Å². The minimum atomic E-state index is -0.373. The van der Waals surface area contributed by atoms with Crippen LogP contribution in [-0.2, 0) is 20.9 Å². The van der Waals surface area contributed by atoms with E-state index in [0.717, 1.165) is 49.8 Å². The Labute approximate surface area is 166 Å². The third-order valence-electron chi connectivity index (χ3n) is 6.55. The summed E-state index contributed by atoms with van der Waals surface area (Å²) in [6.45, 7) is 3.51. The van der Waals surface area contributed by atoms with Crippen molar-refractivity contribution in [1.29, 1.82) is 0 Å². The van der Waals surface area contributed by atoms with Gasteiger partial charge in [-0.15, -0.1) is 0 Å². The maximum Gasteiger partial charge on any atom is 0.251 e. The molecule has 1 saturated carbocycles. The van der Waals surface area contributed by atoms with Crippen molar-refractivity contribution in [1.82, 2.24) is 9.80 Å². The molecule has 28 heavy (non-hydrogen) atoms. The SMILES string of the molecule is CC(=O)N1Cc2ccccc2OC2(CCC(N(C)C(=O)C3CCCO3)CC2)C1. The van der Waals surface area contributed by atoms with Crippen molar-refractivity contribution in [3.63, 3.8) is 0 Å². The Morgan fingerprint density at radius 1 is 1.18 bits per heavy atom. The molecule has 2 aliphatic heterocycles. The molecule has 0 bridgehead atoms. The Bertz CT molecular complexity index is 736. The van der Waals surface area contributed by atoms with E-state index in [1.807, 2.05) is 41.1 Å². The predicted octanol–water partition coefficient (Wildman–Crippen LogP) is 2.75. The third kappa shape index (κ3) is 3.75. The van der Waals surface area contributed by atoms with Crippen molar-refractivity contribution < 1.29 is 19.1 Å². The van der Waals surface area contributed by atoms with E-state index in [9.17, 15) is 9.59 Å². The normalized spacial score (nSPS) is 29.7. The third-order valence-corrected chi connectivity index (χ3v) is 6.55. The number of amides is 2. The minimum Gasteiger partial charge on any atom is -0.485 e. The van der Waals surface area contributed by atoms with E-state index in [2.05, 4.69) is 0 Å². The lowest BCUT2D eigenvalue weighted by molar-refractivity contribution is -0.143. The Morgan fingerprint density at radius 2 is 1.93 bits per heavy atom. The Kier molecular flexibility index (Phi) is 5.32. The number of ether oxygens (including phenoxy) is 2. The van der Waals surface area contributed by atoms with Gasteiger partial charge in [-0.25, -0.2) is 0 Å². The molecule has 6 nitrogen and oxygen atoms in total. The molecule has 0 aromatic heterocycles. The first-order valence-corrected chi connectivity index (χ1v) is 10.4. The summed E-state index contributed by atoms with van der Waals surface area (Å²) < 4.78 is 12.1. The Balaban J connectivity index is 1.47. The second-order valence-electron chi connectivity index (χ2n) is 8.45. The highest BCUT2D eigenvalue weighted by atomic mass is 16.5. The lowest BCUT2D eigenvalue weighted by Gasteiger charge is -2.43. The summed E-state index contributed by atoms with van der Waals surface area (Å²) in [5, 5.41) is 0. The molecule has 1 aromatic carbocycles. The molecule has 4 rings (SSSR count). The topological polar surface area (TPSA) is 59.1 Å². The van der Waals surface area contributed by atoms with E-state index in [4.69, 9.17) is 9.47 Å². The number of hydrogen-bond donors (Lipinski definition) is 0. The van der Waals surface area contributed by atoms with E-state index >= 15 is 0 Å². The van der Waals surface area contributed by atoms with E-state index in [1.165, 1.54) is 0 Å². The van der Waals surface area contributed by atoms with Crippen molar-refractivity contribution in [3.8, 4) is 5.75 Å². The molecule has 6 heteroatoms. The number of fused-ring (bicyclic) bond motifs is 1. The van der Waals surface area contributed by atoms with Gasteiger partial charge in [0.2, 0.25) is 5.91 Å². The number of hydrogen-bond acceptors (Lipinski definition) is 4. The fourth-order valence-corrected chi connectivity index (χ4v) is 4.79. The van der Waals surface area contributed by atoms with Crippen molar-refractivity contribution in [3.05, 3.63) is 29.8 Å². The van der Waals surface area contributed by atoms with Crippen LogP contribution in [0.2, 0.25) is 0 Å². The first kappa shape index (κ1) is 19.2. The van der Waals surface area contributed by atoms with Crippen molar-refractivity contribution in [2.75, 3.05) is 20.2 Å². The van der Waals surface area contributed by atoms with E-state index in [-0.39, 0.29) is 29.6 Å². The van der Waals surface area contributed by atoms with Gasteiger partial charge in [-0.2, -0.15) is 0 Å². The molecule has 2 amide bonds. The molecule has 1 aliphatic carbocycles. The average Bonchev–Trinajstić information content (AvgIpc) is 3.17. The molecule has 0 radical (unpaired) electrons. The molecule has 3 aliphatic rings. The zero-order valence-electron chi connectivity index (χ0n) is 16.9. The fraction of sp³-hybridized carbons (Fsp3) is 0.636. The zero-order valence-corrected chi connectivity index (χ0v) is 16.9. The quantitative estimate of drug-likeness (QED) is 0.784. The monoisotopic (exact) mass is 386 g/mol. The van der Waals surface area contributed by atoms with Crippen molar-refractivity contribution >= 4 is 11.8 Å². The minimum absolute atomic E-state index is 0.0764. The second-order valence-corrected chi connectivity index (χ2v) is 8.45. The van der Waals surface area contributed by atoms with Crippen LogP contribution in [0.5, 0.6) is 5.75 Å². The van der Waals surface area contributed by atoms with Gasteiger partial charge in [-0.3, -0.25) is 9.59 Å². The van der Waals surface area contributed by atoms with Crippen LogP contribution in [0.15, 0.2) is 24.3 Å². The smallest absolute Gasteiger partial charge is 0.251 e. The van der Waals surface area contributed by atoms with Crippen LogP contribution in [-0.4, -0.2) is 59.6 Å². The number of para-hydroxylation sites is 1. The summed E-state index contributed by atoms with van der Waals surface area (Å²) in [4.78, 5) is 28.7. The van der Waals surface area contributed by atoms with Crippen LogP contribution >= 0.6 is 0 Å². The molecule has 1 saturated heterocycles. The first-order chi connectivity index (χ1) is 13.5. The number of nitrogens with zero attached hydrogens (tertiary/aromatic N) is 2. The van der Waals surface area contributed by atoms with Crippen LogP contribution in [0.1, 0.15) is 51.0 Å². The molecule has 2 heterocycles. The number of carbonyl (C=O) groups excluding carboxylic acids is 2. The second kappa shape index (κ2) is 7.74. The van der Waals surface area contributed by atoms with Gasteiger partial charge in [0.1, 0.15) is 17.5 Å². The molecule has 152 valence electrons. The fourth-order valence-electron chi connectivity index (χ4n) is 4.79. The number of carbonyl (C=O) groups is 2. The predicted molar refractivity (Wildman–Crippen MR) is 105 cm³/mol. The van der Waals surface area contributed by atoms with Gasteiger partial charge >= 0.3 is 0 Å². The molecule has 1 unspecified atom stereocenters. The van der Waals surface area contributed by atoms with Crippen LogP contribution in [0.4, 0.5) is 0 Å². The van der Waals surface area contributed by atoms with Gasteiger partial charge in [0, 0.05) is 38.7 Å². The number of rotatable bonds is 2. The summed E-state index contributed by atoms with van der Waals surface area (Å²) in [7, 11) is 1.90. The molecule has 1 spiro atoms. The first-order valence-electron chi connectivity index (χ1n) is 10.4. The van der Waals surface area contributed by atoms with E-state index in [0.29, 0.717) is 19.7 Å². The van der Waals surface area contributed by atoms with Crippen LogP contribution in [0.3, 0.4) is 0 Å². The molecular weight excluding hydrogens is 356 g/mol. The van der Waals surface area contributed by atoms with Crippen molar-refractivity contribution in [2.45, 2.75) is 69.7 Å². The summed E-state index contributed by atoms with van der Waals surface area (Å²) in [6, 6.07) is 8.20. The highest BCUT2D eigenvalue weighted by Gasteiger charge is 2.43. The highest BCUT2D eigenvalue weighted by Crippen LogP contribution is 2.39. The standard InChI is InChI=1S/C22H30N2O4/c1-16(25)24-14-17-6-3-4-7-19(17)28-22(15-24)11-9-18(10-12-22)23(2)21(26)20-8-5-13-27-20/h3-4,6-7,18,20H,5,8-15H2,1-2H3.